The average molecular weight is 233 g/mol. The highest BCUT2D eigenvalue weighted by atomic mass is 16.6. The third-order valence-electron chi connectivity index (χ3n) is 2.63. The lowest BCUT2D eigenvalue weighted by molar-refractivity contribution is 0.120. The lowest BCUT2D eigenvalue weighted by atomic mass is 10.0. The maximum atomic E-state index is 11.6. The standard InChI is InChI=1S/C12H15N3O2/c1-2-17-12(16)15-6-4-10-9(7-13)3-5-14-11(10)8-15/h3-6H,2,7-8,13H2,1H3. The molecule has 0 spiro atoms. The van der Waals surface area contributed by atoms with Crippen LogP contribution in [0.15, 0.2) is 18.5 Å². The number of hydrogen-bond acceptors (Lipinski definition) is 4. The van der Waals surface area contributed by atoms with Gasteiger partial charge in [0.1, 0.15) is 0 Å². The highest BCUT2D eigenvalue weighted by Crippen LogP contribution is 2.21. The van der Waals surface area contributed by atoms with E-state index in [-0.39, 0.29) is 6.09 Å². The molecule has 1 aliphatic rings. The molecular weight excluding hydrogens is 218 g/mol. The van der Waals surface area contributed by atoms with E-state index in [1.807, 2.05) is 12.1 Å². The van der Waals surface area contributed by atoms with Gasteiger partial charge in [-0.25, -0.2) is 4.79 Å². The molecule has 17 heavy (non-hydrogen) atoms. The van der Waals surface area contributed by atoms with E-state index in [0.717, 1.165) is 16.8 Å². The summed E-state index contributed by atoms with van der Waals surface area (Å²) in [5.74, 6) is 0. The highest BCUT2D eigenvalue weighted by Gasteiger charge is 2.19. The summed E-state index contributed by atoms with van der Waals surface area (Å²) in [4.78, 5) is 17.3. The molecule has 2 N–H and O–H groups in total. The minimum atomic E-state index is -0.352. The van der Waals surface area contributed by atoms with Crippen molar-refractivity contribution in [2.24, 2.45) is 5.73 Å². The van der Waals surface area contributed by atoms with Crippen LogP contribution in [0, 0.1) is 0 Å². The summed E-state index contributed by atoms with van der Waals surface area (Å²) < 4.78 is 4.94. The summed E-state index contributed by atoms with van der Waals surface area (Å²) in [6.07, 6.45) is 4.92. The van der Waals surface area contributed by atoms with E-state index in [4.69, 9.17) is 10.5 Å². The maximum Gasteiger partial charge on any atom is 0.414 e. The van der Waals surface area contributed by atoms with Crippen LogP contribution in [0.2, 0.25) is 0 Å². The lowest BCUT2D eigenvalue weighted by Gasteiger charge is -2.23. The molecule has 0 bridgehead atoms. The average Bonchev–Trinajstić information content (AvgIpc) is 2.37. The number of pyridine rings is 1. The van der Waals surface area contributed by atoms with Crippen LogP contribution in [0.25, 0.3) is 6.08 Å². The normalized spacial score (nSPS) is 13.4. The van der Waals surface area contributed by atoms with Crippen molar-refractivity contribution in [2.75, 3.05) is 6.61 Å². The molecular formula is C12H15N3O2. The maximum absolute atomic E-state index is 11.6. The van der Waals surface area contributed by atoms with E-state index < -0.39 is 0 Å². The molecule has 5 heteroatoms. The van der Waals surface area contributed by atoms with E-state index in [9.17, 15) is 4.79 Å². The molecule has 0 radical (unpaired) electrons. The number of amides is 1. The monoisotopic (exact) mass is 233 g/mol. The molecule has 0 saturated carbocycles. The van der Waals surface area contributed by atoms with Crippen LogP contribution < -0.4 is 5.73 Å². The number of fused-ring (bicyclic) bond motifs is 1. The Bertz CT molecular complexity index is 457. The van der Waals surface area contributed by atoms with E-state index >= 15 is 0 Å². The molecule has 1 aliphatic heterocycles. The van der Waals surface area contributed by atoms with Crippen LogP contribution in [-0.4, -0.2) is 22.6 Å². The zero-order valence-corrected chi connectivity index (χ0v) is 9.72. The fourth-order valence-electron chi connectivity index (χ4n) is 1.78. The number of carbonyl (C=O) groups is 1. The summed E-state index contributed by atoms with van der Waals surface area (Å²) in [5, 5.41) is 0. The van der Waals surface area contributed by atoms with Crippen LogP contribution in [0.3, 0.4) is 0 Å². The van der Waals surface area contributed by atoms with E-state index in [2.05, 4.69) is 4.98 Å². The second-order valence-electron chi connectivity index (χ2n) is 3.68. The van der Waals surface area contributed by atoms with Crippen molar-refractivity contribution >= 4 is 12.2 Å². The first kappa shape index (κ1) is 11.6. The Morgan fingerprint density at radius 3 is 3.18 bits per heavy atom. The van der Waals surface area contributed by atoms with Crippen molar-refractivity contribution in [3.05, 3.63) is 35.3 Å². The molecule has 5 nitrogen and oxygen atoms in total. The van der Waals surface area contributed by atoms with E-state index in [0.29, 0.717) is 19.7 Å². The molecule has 1 aromatic rings. The minimum Gasteiger partial charge on any atom is -0.449 e. The van der Waals surface area contributed by atoms with Crippen molar-refractivity contribution in [1.29, 1.82) is 0 Å². The number of nitrogens with two attached hydrogens (primary N) is 1. The van der Waals surface area contributed by atoms with Crippen molar-refractivity contribution in [2.45, 2.75) is 20.0 Å². The number of ether oxygens (including phenoxy) is 1. The second kappa shape index (κ2) is 4.97. The van der Waals surface area contributed by atoms with Gasteiger partial charge in [0.25, 0.3) is 0 Å². The van der Waals surface area contributed by atoms with Crippen LogP contribution in [0.5, 0.6) is 0 Å². The first-order valence-electron chi connectivity index (χ1n) is 5.54. The second-order valence-corrected chi connectivity index (χ2v) is 3.68. The van der Waals surface area contributed by atoms with Gasteiger partial charge in [-0.2, -0.15) is 0 Å². The Hall–Kier alpha value is -1.88. The lowest BCUT2D eigenvalue weighted by Crippen LogP contribution is -2.29. The van der Waals surface area contributed by atoms with Crippen molar-refractivity contribution < 1.29 is 9.53 Å². The molecule has 2 heterocycles. The van der Waals surface area contributed by atoms with Gasteiger partial charge >= 0.3 is 6.09 Å². The van der Waals surface area contributed by atoms with Crippen LogP contribution in [-0.2, 0) is 17.8 Å². The Kier molecular flexibility index (Phi) is 3.39. The molecule has 0 aliphatic carbocycles. The molecule has 90 valence electrons. The first-order valence-corrected chi connectivity index (χ1v) is 5.54. The number of rotatable bonds is 2. The van der Waals surface area contributed by atoms with Gasteiger partial charge in [-0.05, 0) is 24.6 Å². The Morgan fingerprint density at radius 2 is 2.47 bits per heavy atom. The van der Waals surface area contributed by atoms with E-state index in [1.165, 1.54) is 4.90 Å². The molecule has 1 amide bonds. The third kappa shape index (κ3) is 2.29. The molecule has 0 unspecified atom stereocenters. The Labute approximate surface area is 99.9 Å². The van der Waals surface area contributed by atoms with Crippen molar-refractivity contribution in [3.63, 3.8) is 0 Å². The fourth-order valence-corrected chi connectivity index (χ4v) is 1.78. The molecule has 2 rings (SSSR count). The summed E-state index contributed by atoms with van der Waals surface area (Å²) in [7, 11) is 0. The summed E-state index contributed by atoms with van der Waals surface area (Å²) >= 11 is 0. The minimum absolute atomic E-state index is 0.352. The third-order valence-corrected chi connectivity index (χ3v) is 2.63. The zero-order valence-electron chi connectivity index (χ0n) is 9.72. The van der Waals surface area contributed by atoms with Crippen LogP contribution in [0.4, 0.5) is 4.79 Å². The van der Waals surface area contributed by atoms with Gasteiger partial charge in [-0.3, -0.25) is 9.88 Å². The van der Waals surface area contributed by atoms with Gasteiger partial charge in [0, 0.05) is 24.5 Å². The molecule has 0 fully saturated rings. The topological polar surface area (TPSA) is 68.5 Å². The van der Waals surface area contributed by atoms with Gasteiger partial charge in [-0.15, -0.1) is 0 Å². The quantitative estimate of drug-likeness (QED) is 0.840. The largest absolute Gasteiger partial charge is 0.449 e. The van der Waals surface area contributed by atoms with Gasteiger partial charge in [0.2, 0.25) is 0 Å². The van der Waals surface area contributed by atoms with E-state index in [1.54, 1.807) is 19.3 Å². The smallest absolute Gasteiger partial charge is 0.414 e. The fraction of sp³-hybridized carbons (Fsp3) is 0.333. The van der Waals surface area contributed by atoms with Crippen LogP contribution >= 0.6 is 0 Å². The first-order chi connectivity index (χ1) is 8.26. The summed E-state index contributed by atoms with van der Waals surface area (Å²) in [6.45, 7) is 3.05. The molecule has 0 saturated heterocycles. The van der Waals surface area contributed by atoms with Crippen molar-refractivity contribution in [3.8, 4) is 0 Å². The summed E-state index contributed by atoms with van der Waals surface area (Å²) in [6, 6.07) is 1.89. The predicted octanol–water partition coefficient (Wildman–Crippen LogP) is 1.48. The molecule has 1 aromatic heterocycles. The van der Waals surface area contributed by atoms with Gasteiger partial charge in [0.15, 0.2) is 0 Å². The SMILES string of the molecule is CCOC(=O)N1C=Cc2c(CN)ccnc2C1. The van der Waals surface area contributed by atoms with Crippen molar-refractivity contribution in [1.82, 2.24) is 9.88 Å². The Balaban J connectivity index is 2.23. The molecule has 0 atom stereocenters. The predicted molar refractivity (Wildman–Crippen MR) is 63.7 cm³/mol. The number of aromatic nitrogens is 1. The van der Waals surface area contributed by atoms with Gasteiger partial charge in [-0.1, -0.05) is 0 Å². The zero-order chi connectivity index (χ0) is 12.3. The number of carbonyl (C=O) groups excluding carboxylic acids is 1. The summed E-state index contributed by atoms with van der Waals surface area (Å²) in [5.41, 5.74) is 8.55. The van der Waals surface area contributed by atoms with Gasteiger partial charge in [0.05, 0.1) is 18.8 Å². The highest BCUT2D eigenvalue weighted by molar-refractivity contribution is 5.72. The molecule has 0 aromatic carbocycles. The Morgan fingerprint density at radius 1 is 1.65 bits per heavy atom. The number of nitrogens with zero attached hydrogens (tertiary/aromatic N) is 2. The van der Waals surface area contributed by atoms with Crippen LogP contribution in [0.1, 0.15) is 23.7 Å². The van der Waals surface area contributed by atoms with Gasteiger partial charge < -0.3 is 10.5 Å². The number of hydrogen-bond donors (Lipinski definition) is 1.